The summed E-state index contributed by atoms with van der Waals surface area (Å²) in [6.07, 6.45) is 6.09. The molecule has 4 amide bonds. The number of amides is 4. The molecule has 4 N–H and O–H groups in total. The monoisotopic (exact) mass is 695 g/mol. The van der Waals surface area contributed by atoms with Crippen LogP contribution in [0.4, 0.5) is 4.79 Å². The highest BCUT2D eigenvalue weighted by atomic mass is 32.2. The Morgan fingerprint density at radius 3 is 2.33 bits per heavy atom. The molecular formula is C36H49N5O7S. The minimum Gasteiger partial charge on any atom is -0.444 e. The van der Waals surface area contributed by atoms with Crippen LogP contribution < -0.4 is 15.4 Å². The van der Waals surface area contributed by atoms with Crippen molar-refractivity contribution >= 4 is 44.7 Å². The first-order chi connectivity index (χ1) is 22.8. The molecule has 0 radical (unpaired) electrons. The molecule has 3 aliphatic carbocycles. The van der Waals surface area contributed by atoms with Gasteiger partial charge in [0.05, 0.1) is 5.52 Å². The average Bonchev–Trinajstić information content (AvgIpc) is 3.49. The Kier molecular flexibility index (Phi) is 8.08. The Labute approximate surface area is 288 Å². The Balaban J connectivity index is 1.28. The normalized spacial score (nSPS) is 28.5. The molecule has 1 aromatic heterocycles. The summed E-state index contributed by atoms with van der Waals surface area (Å²) in [6, 6.07) is 4.59. The molecule has 0 bridgehead atoms. The fourth-order valence-corrected chi connectivity index (χ4v) is 10.3. The number of benzene rings is 1. The third-order valence-corrected chi connectivity index (χ3v) is 13.5. The van der Waals surface area contributed by atoms with E-state index in [-0.39, 0.29) is 33.5 Å². The summed E-state index contributed by atoms with van der Waals surface area (Å²) in [5, 5.41) is 6.31. The van der Waals surface area contributed by atoms with Gasteiger partial charge < -0.3 is 25.3 Å². The zero-order chi connectivity index (χ0) is 35.9. The molecule has 3 saturated carbocycles. The third-order valence-electron chi connectivity index (χ3n) is 12.1. The molecule has 1 aromatic carbocycles. The van der Waals surface area contributed by atoms with Crippen molar-refractivity contribution in [3.63, 3.8) is 0 Å². The number of fused-ring (bicyclic) bond motifs is 2. The summed E-state index contributed by atoms with van der Waals surface area (Å²) >= 11 is 0. The van der Waals surface area contributed by atoms with Crippen LogP contribution in [0.2, 0.25) is 0 Å². The van der Waals surface area contributed by atoms with E-state index in [9.17, 15) is 27.6 Å². The topological polar surface area (TPSA) is 167 Å². The van der Waals surface area contributed by atoms with Crippen molar-refractivity contribution in [3.05, 3.63) is 43.1 Å². The van der Waals surface area contributed by atoms with E-state index in [2.05, 4.69) is 40.8 Å². The molecule has 5 atom stereocenters. The van der Waals surface area contributed by atoms with E-state index >= 15 is 0 Å². The van der Waals surface area contributed by atoms with Gasteiger partial charge in [-0.15, -0.1) is 6.58 Å². The highest BCUT2D eigenvalue weighted by Crippen LogP contribution is 2.88. The fraction of sp³-hybridized carbons (Fsp3) is 0.611. The van der Waals surface area contributed by atoms with E-state index in [0.717, 1.165) is 19.3 Å². The smallest absolute Gasteiger partial charge is 0.408 e. The summed E-state index contributed by atoms with van der Waals surface area (Å²) in [7, 11) is -4.32. The molecule has 12 nitrogen and oxygen atoms in total. The Morgan fingerprint density at radius 2 is 1.78 bits per heavy atom. The second-order valence-corrected chi connectivity index (χ2v) is 18.0. The number of aromatic amines is 1. The first-order valence-corrected chi connectivity index (χ1v) is 18.6. The maximum atomic E-state index is 14.4. The number of hydrogen-bond acceptors (Lipinski definition) is 7. The van der Waals surface area contributed by atoms with Crippen LogP contribution >= 0.6 is 0 Å². The zero-order valence-electron chi connectivity index (χ0n) is 29.4. The van der Waals surface area contributed by atoms with Crippen LogP contribution in [0.25, 0.3) is 10.9 Å². The van der Waals surface area contributed by atoms with Crippen molar-refractivity contribution in [2.75, 3.05) is 6.54 Å². The molecule has 4 fully saturated rings. The van der Waals surface area contributed by atoms with Crippen LogP contribution in [0.5, 0.6) is 0 Å². The number of carbonyl (C=O) groups is 4. The van der Waals surface area contributed by atoms with E-state index in [4.69, 9.17) is 4.74 Å². The highest BCUT2D eigenvalue weighted by molar-refractivity contribution is 7.90. The largest absolute Gasteiger partial charge is 0.444 e. The first-order valence-electron chi connectivity index (χ1n) is 17.1. The summed E-state index contributed by atoms with van der Waals surface area (Å²) in [5.41, 5.74) is -2.39. The first kappa shape index (κ1) is 35.0. The number of alkyl carbamates (subject to hydrolysis) is 1. The average molecular weight is 696 g/mol. The quantitative estimate of drug-likeness (QED) is 0.283. The molecule has 0 unspecified atom stereocenters. The lowest BCUT2D eigenvalue weighted by atomic mass is 9.73. The van der Waals surface area contributed by atoms with Crippen molar-refractivity contribution in [1.29, 1.82) is 0 Å². The van der Waals surface area contributed by atoms with Crippen molar-refractivity contribution in [1.82, 2.24) is 25.2 Å². The molecule has 49 heavy (non-hydrogen) atoms. The van der Waals surface area contributed by atoms with Gasteiger partial charge in [0.15, 0.2) is 0 Å². The molecule has 266 valence electrons. The predicted octanol–water partition coefficient (Wildman–Crippen LogP) is 4.38. The molecule has 1 saturated heterocycles. The number of nitrogens with one attached hydrogen (secondary N) is 4. The van der Waals surface area contributed by atoms with Crippen LogP contribution in [0.15, 0.2) is 48.0 Å². The number of carbonyl (C=O) groups excluding carboxylic acids is 4. The Morgan fingerprint density at radius 1 is 1.08 bits per heavy atom. The molecule has 2 aromatic rings. The van der Waals surface area contributed by atoms with Gasteiger partial charge >= 0.3 is 6.09 Å². The molecule has 13 heteroatoms. The summed E-state index contributed by atoms with van der Waals surface area (Å²) in [6.45, 7) is 17.4. The van der Waals surface area contributed by atoms with Gasteiger partial charge in [-0.25, -0.2) is 17.9 Å². The van der Waals surface area contributed by atoms with Crippen molar-refractivity contribution in [3.8, 4) is 0 Å². The standard InChI is InChI=1S/C36H49N5O7S/c1-9-23-18-36(23,30(44)40-49(46,47)25-13-10-12-22-14-17-37-27(22)25)39-28(42)24-19-35(33(7,8)34(35)15-11-16-34)20-41(24)29(43)26(21(2)3)38-31(45)48-32(4,5)6/h9-10,12-14,17,21,23-24,26,37H,1,11,15-16,18-20H2,2-8H3,(H,38,45)(H,39,42)(H,40,44)/t23-,24+,26+,35-,36-/m1/s1. The number of para-hydroxylation sites is 1. The minimum atomic E-state index is -4.32. The van der Waals surface area contributed by atoms with Crippen LogP contribution in [0.3, 0.4) is 0 Å². The van der Waals surface area contributed by atoms with Gasteiger partial charge in [0.25, 0.3) is 15.9 Å². The van der Waals surface area contributed by atoms with E-state index < -0.39 is 63.0 Å². The number of rotatable bonds is 9. The lowest BCUT2D eigenvalue weighted by Gasteiger charge is -2.33. The third kappa shape index (κ3) is 5.34. The predicted molar refractivity (Wildman–Crippen MR) is 183 cm³/mol. The van der Waals surface area contributed by atoms with Crippen LogP contribution in [0, 0.1) is 28.1 Å². The van der Waals surface area contributed by atoms with Crippen LogP contribution in [0.1, 0.15) is 80.6 Å². The molecule has 1 aliphatic heterocycles. The maximum Gasteiger partial charge on any atom is 0.408 e. The number of sulfonamides is 1. The van der Waals surface area contributed by atoms with Gasteiger partial charge in [0, 0.05) is 29.5 Å². The lowest BCUT2D eigenvalue weighted by Crippen LogP contribution is -2.59. The van der Waals surface area contributed by atoms with Gasteiger partial charge in [-0.1, -0.05) is 52.3 Å². The number of nitrogens with zero attached hydrogens (tertiary/aromatic N) is 1. The van der Waals surface area contributed by atoms with Crippen molar-refractivity contribution in [2.24, 2.45) is 28.1 Å². The van der Waals surface area contributed by atoms with E-state index in [1.165, 1.54) is 12.1 Å². The number of hydrogen-bond donors (Lipinski definition) is 4. The van der Waals surface area contributed by atoms with Gasteiger partial charge in [0.2, 0.25) is 11.8 Å². The molecule has 2 heterocycles. The number of likely N-dealkylation sites (tertiary alicyclic amines) is 1. The lowest BCUT2D eigenvalue weighted by molar-refractivity contribution is -0.141. The second kappa shape index (κ2) is 11.3. The summed E-state index contributed by atoms with van der Waals surface area (Å²) < 4.78 is 34.7. The molecule has 6 rings (SSSR count). The Bertz CT molecular complexity index is 1840. The summed E-state index contributed by atoms with van der Waals surface area (Å²) in [5.74, 6) is -2.63. The van der Waals surface area contributed by atoms with E-state index in [1.54, 1.807) is 50.1 Å². The number of H-pyrrole nitrogens is 1. The van der Waals surface area contributed by atoms with Crippen molar-refractivity contribution < 1.29 is 32.3 Å². The molecular weight excluding hydrogens is 646 g/mol. The van der Waals surface area contributed by atoms with Crippen molar-refractivity contribution in [2.45, 2.75) is 109 Å². The Hall–Kier alpha value is -3.87. The SMILES string of the molecule is C=C[C@@H]1C[C@]1(NC(=O)[C@@H]1C[C@@]2(CN1C(=O)[C@@H](NC(=O)OC(C)(C)C)C(C)C)C(C)(C)C21CCC1)C(=O)NS(=O)(=O)c1cccc2cc[nH]c12. The number of aromatic nitrogens is 1. The van der Waals surface area contributed by atoms with Crippen LogP contribution in [-0.2, 0) is 29.1 Å². The summed E-state index contributed by atoms with van der Waals surface area (Å²) in [4.78, 5) is 59.9. The second-order valence-electron chi connectivity index (χ2n) is 16.3. The van der Waals surface area contributed by atoms with Crippen LogP contribution in [-0.4, -0.2) is 71.9 Å². The van der Waals surface area contributed by atoms with Gasteiger partial charge in [0.1, 0.15) is 28.1 Å². The maximum absolute atomic E-state index is 14.4. The van der Waals surface area contributed by atoms with E-state index in [1.807, 2.05) is 13.8 Å². The minimum absolute atomic E-state index is 0.00465. The highest BCUT2D eigenvalue weighted by Gasteiger charge is 2.85. The van der Waals surface area contributed by atoms with Gasteiger partial charge in [-0.2, -0.15) is 0 Å². The molecule has 4 aliphatic rings. The molecule has 2 spiro atoms. The zero-order valence-corrected chi connectivity index (χ0v) is 30.3. The van der Waals surface area contributed by atoms with Gasteiger partial charge in [-0.05, 0) is 75.3 Å². The van der Waals surface area contributed by atoms with E-state index in [0.29, 0.717) is 23.9 Å². The number of ether oxygens (including phenoxy) is 1. The fourth-order valence-electron chi connectivity index (χ4n) is 9.08. The van der Waals surface area contributed by atoms with Gasteiger partial charge in [-0.3, -0.25) is 14.4 Å².